The van der Waals surface area contributed by atoms with Gasteiger partial charge in [-0.05, 0) is 76.6 Å². The normalized spacial score (nSPS) is 14.7. The molecule has 1 aliphatic rings. The van der Waals surface area contributed by atoms with Crippen LogP contribution < -0.4 is 29.1 Å². The van der Waals surface area contributed by atoms with Crippen LogP contribution in [0.2, 0.25) is 5.02 Å². The molecule has 2 aromatic carbocycles. The molecule has 1 atom stereocenters. The molecule has 4 rings (SSSR count). The molecule has 43 heavy (non-hydrogen) atoms. The number of allylic oxidation sites excluding steroid dienone is 1. The molecule has 0 bridgehead atoms. The van der Waals surface area contributed by atoms with Crippen LogP contribution >= 0.6 is 22.9 Å². The van der Waals surface area contributed by atoms with E-state index in [0.717, 1.165) is 11.3 Å². The molecule has 1 aliphatic heterocycles. The van der Waals surface area contributed by atoms with Crippen LogP contribution in [0.5, 0.6) is 17.2 Å². The molecule has 2 heterocycles. The van der Waals surface area contributed by atoms with Gasteiger partial charge >= 0.3 is 11.9 Å². The fourth-order valence-electron chi connectivity index (χ4n) is 4.56. The summed E-state index contributed by atoms with van der Waals surface area (Å²) in [5.74, 6) is 0.226. The smallest absolute Gasteiger partial charge is 0.344 e. The van der Waals surface area contributed by atoms with E-state index >= 15 is 0 Å². The molecule has 0 fully saturated rings. The maximum absolute atomic E-state index is 14.1. The van der Waals surface area contributed by atoms with E-state index in [2.05, 4.69) is 4.99 Å². The molecule has 1 aromatic heterocycles. The summed E-state index contributed by atoms with van der Waals surface area (Å²) in [6.07, 6.45) is 1.53. The number of ether oxygens (including phenoxy) is 5. The summed E-state index contributed by atoms with van der Waals surface area (Å²) >= 11 is 7.42. The number of carbonyl (C=O) groups excluding carboxylic acids is 2. The van der Waals surface area contributed by atoms with Gasteiger partial charge in [0.2, 0.25) is 0 Å². The molecule has 0 unspecified atom stereocenters. The van der Waals surface area contributed by atoms with Crippen molar-refractivity contribution in [2.45, 2.75) is 46.8 Å². The van der Waals surface area contributed by atoms with Crippen molar-refractivity contribution in [2.24, 2.45) is 4.99 Å². The number of hydrogen-bond acceptors (Lipinski definition) is 10. The van der Waals surface area contributed by atoms with Crippen molar-refractivity contribution in [2.75, 3.05) is 26.9 Å². The van der Waals surface area contributed by atoms with Crippen molar-refractivity contribution in [3.05, 3.63) is 83.5 Å². The third-order valence-electron chi connectivity index (χ3n) is 6.29. The number of carbonyl (C=O) groups is 2. The lowest BCUT2D eigenvalue weighted by atomic mass is 9.95. The molecular formula is C31H33ClN2O8S. The van der Waals surface area contributed by atoms with Gasteiger partial charge < -0.3 is 23.7 Å². The van der Waals surface area contributed by atoms with Crippen LogP contribution in [0.15, 0.2) is 57.5 Å². The van der Waals surface area contributed by atoms with Crippen LogP contribution in [-0.4, -0.2) is 49.5 Å². The van der Waals surface area contributed by atoms with E-state index < -0.39 is 18.0 Å². The van der Waals surface area contributed by atoms with E-state index in [1.54, 1.807) is 63.2 Å². The Labute approximate surface area is 257 Å². The summed E-state index contributed by atoms with van der Waals surface area (Å²) < 4.78 is 29.3. The summed E-state index contributed by atoms with van der Waals surface area (Å²) in [4.78, 5) is 44.2. The predicted molar refractivity (Wildman–Crippen MR) is 163 cm³/mol. The number of esters is 2. The third-order valence-corrected chi connectivity index (χ3v) is 7.51. The van der Waals surface area contributed by atoms with Crippen molar-refractivity contribution in [1.29, 1.82) is 0 Å². The van der Waals surface area contributed by atoms with Gasteiger partial charge in [0.25, 0.3) is 5.56 Å². The summed E-state index contributed by atoms with van der Waals surface area (Å²) in [5, 5.41) is 0.414. The SMILES string of the molecule is CCOC(=O)COc1ccc(Cl)cc1/C=c1/sc2n(c1=O)[C@H](c1ccc(OC(C)C)c(OC)c1)C(C(=O)OCC)=C(C)N=2. The second-order valence-corrected chi connectivity index (χ2v) is 11.1. The van der Waals surface area contributed by atoms with E-state index in [0.29, 0.717) is 48.4 Å². The highest BCUT2D eigenvalue weighted by molar-refractivity contribution is 7.07. The minimum absolute atomic E-state index is 0.0905. The number of aromatic nitrogens is 1. The van der Waals surface area contributed by atoms with Gasteiger partial charge in [-0.15, -0.1) is 0 Å². The zero-order valence-electron chi connectivity index (χ0n) is 24.8. The van der Waals surface area contributed by atoms with E-state index in [1.165, 1.54) is 11.7 Å². The number of methoxy groups -OCH3 is 1. The molecule has 0 amide bonds. The Kier molecular flexibility index (Phi) is 10.3. The topological polar surface area (TPSA) is 115 Å². The van der Waals surface area contributed by atoms with E-state index in [4.69, 9.17) is 35.3 Å². The summed E-state index contributed by atoms with van der Waals surface area (Å²) in [6, 6.07) is 9.30. The van der Waals surface area contributed by atoms with Crippen molar-refractivity contribution in [3.8, 4) is 17.2 Å². The van der Waals surface area contributed by atoms with Gasteiger partial charge in [0.05, 0.1) is 48.3 Å². The molecule has 0 aliphatic carbocycles. The molecule has 0 saturated heterocycles. The summed E-state index contributed by atoms with van der Waals surface area (Å²) in [6.45, 7) is 9.02. The highest BCUT2D eigenvalue weighted by Gasteiger charge is 2.34. The first-order valence-electron chi connectivity index (χ1n) is 13.7. The van der Waals surface area contributed by atoms with Crippen molar-refractivity contribution in [1.82, 2.24) is 4.57 Å². The van der Waals surface area contributed by atoms with Gasteiger partial charge in [0, 0.05) is 10.6 Å². The molecule has 228 valence electrons. The number of rotatable bonds is 11. The van der Waals surface area contributed by atoms with Crippen molar-refractivity contribution in [3.63, 3.8) is 0 Å². The van der Waals surface area contributed by atoms with Gasteiger partial charge in [0.1, 0.15) is 5.75 Å². The molecule has 0 radical (unpaired) electrons. The lowest BCUT2D eigenvalue weighted by Gasteiger charge is -2.25. The van der Waals surface area contributed by atoms with Gasteiger partial charge in [-0.2, -0.15) is 0 Å². The second-order valence-electron chi connectivity index (χ2n) is 9.66. The average Bonchev–Trinajstić information content (AvgIpc) is 3.26. The van der Waals surface area contributed by atoms with Crippen LogP contribution in [0, 0.1) is 0 Å². The maximum atomic E-state index is 14.1. The molecular weight excluding hydrogens is 596 g/mol. The van der Waals surface area contributed by atoms with Crippen LogP contribution in [0.4, 0.5) is 0 Å². The zero-order valence-corrected chi connectivity index (χ0v) is 26.3. The number of benzene rings is 2. The number of hydrogen-bond donors (Lipinski definition) is 0. The minimum atomic E-state index is -0.849. The first-order chi connectivity index (χ1) is 20.6. The summed E-state index contributed by atoms with van der Waals surface area (Å²) in [7, 11) is 1.53. The highest BCUT2D eigenvalue weighted by Crippen LogP contribution is 2.36. The average molecular weight is 629 g/mol. The monoisotopic (exact) mass is 628 g/mol. The van der Waals surface area contributed by atoms with Crippen LogP contribution in [-0.2, 0) is 19.1 Å². The van der Waals surface area contributed by atoms with Crippen LogP contribution in [0.25, 0.3) is 6.08 Å². The number of nitrogens with zero attached hydrogens (tertiary/aromatic N) is 2. The second kappa shape index (κ2) is 13.9. The Morgan fingerprint density at radius 3 is 2.47 bits per heavy atom. The molecule has 0 spiro atoms. The van der Waals surface area contributed by atoms with Crippen LogP contribution in [0.3, 0.4) is 0 Å². The van der Waals surface area contributed by atoms with Gasteiger partial charge in [-0.1, -0.05) is 29.0 Å². The quantitative estimate of drug-likeness (QED) is 0.291. The van der Waals surface area contributed by atoms with Crippen molar-refractivity contribution < 1.29 is 33.3 Å². The summed E-state index contributed by atoms with van der Waals surface area (Å²) in [5.41, 5.74) is 1.37. The maximum Gasteiger partial charge on any atom is 0.344 e. The van der Waals surface area contributed by atoms with E-state index in [9.17, 15) is 14.4 Å². The third kappa shape index (κ3) is 7.11. The van der Waals surface area contributed by atoms with E-state index in [1.807, 2.05) is 13.8 Å². The number of halogens is 1. The molecule has 0 N–H and O–H groups in total. The molecule has 12 heteroatoms. The Balaban J connectivity index is 1.89. The van der Waals surface area contributed by atoms with Crippen molar-refractivity contribution >= 4 is 41.0 Å². The lowest BCUT2D eigenvalue weighted by Crippen LogP contribution is -2.40. The zero-order chi connectivity index (χ0) is 31.3. The Bertz CT molecular complexity index is 1740. The minimum Gasteiger partial charge on any atom is -0.493 e. The first kappa shape index (κ1) is 31.8. The van der Waals surface area contributed by atoms with E-state index in [-0.39, 0.29) is 37.1 Å². The first-order valence-corrected chi connectivity index (χ1v) is 14.9. The van der Waals surface area contributed by atoms with Gasteiger partial charge in [-0.3, -0.25) is 9.36 Å². The van der Waals surface area contributed by atoms with Gasteiger partial charge in [-0.25, -0.2) is 14.6 Å². The Morgan fingerprint density at radius 1 is 1.07 bits per heavy atom. The highest BCUT2D eigenvalue weighted by atomic mass is 35.5. The fourth-order valence-corrected chi connectivity index (χ4v) is 5.77. The Hall–Kier alpha value is -4.09. The lowest BCUT2D eigenvalue weighted by molar-refractivity contribution is -0.145. The largest absolute Gasteiger partial charge is 0.493 e. The molecule has 3 aromatic rings. The number of thiazole rings is 1. The predicted octanol–water partition coefficient (Wildman–Crippen LogP) is 4.19. The van der Waals surface area contributed by atoms with Crippen LogP contribution in [0.1, 0.15) is 51.8 Å². The Morgan fingerprint density at radius 2 is 1.79 bits per heavy atom. The molecule has 10 nitrogen and oxygen atoms in total. The molecule has 0 saturated carbocycles. The van der Waals surface area contributed by atoms with Gasteiger partial charge in [0.15, 0.2) is 22.9 Å². The number of fused-ring (bicyclic) bond motifs is 1. The fraction of sp³-hybridized carbons (Fsp3) is 0.355. The standard InChI is InChI=1S/C31H33ClN2O8S/c1-7-39-26(35)16-41-22-12-10-21(32)13-20(22)15-25-29(36)34-28(19-9-11-23(42-17(3)4)24(14-19)38-6)27(30(37)40-8-2)18(5)33-31(34)43-25/h9-15,17,28H,7-8,16H2,1-6H3/b25-15+/t28-/m1/s1.